The fraction of sp³-hybridized carbons (Fsp3) is 0.333. The predicted octanol–water partition coefficient (Wildman–Crippen LogP) is 1.14. The van der Waals surface area contributed by atoms with Crippen LogP contribution >= 0.6 is 11.6 Å². The molecule has 0 unspecified atom stereocenters. The Balaban J connectivity index is 1.87. The molecule has 0 aliphatic carbocycles. The van der Waals surface area contributed by atoms with Gasteiger partial charge in [0.15, 0.2) is 0 Å². The van der Waals surface area contributed by atoms with Gasteiger partial charge in [-0.05, 0) is 30.5 Å². The summed E-state index contributed by atoms with van der Waals surface area (Å²) in [5, 5.41) is 9.84. The summed E-state index contributed by atoms with van der Waals surface area (Å²) in [5.74, 6) is -0.397. The molecule has 0 spiro atoms. The van der Waals surface area contributed by atoms with Crippen molar-refractivity contribution < 1.29 is 4.79 Å². The monoisotopic (exact) mass is 372 g/mol. The molecule has 1 aliphatic heterocycles. The maximum absolute atomic E-state index is 12.5. The normalized spacial score (nSPS) is 12.5. The molecule has 0 saturated carbocycles. The van der Waals surface area contributed by atoms with E-state index in [1.165, 1.54) is 9.47 Å². The molecule has 1 aromatic heterocycles. The Bertz CT molecular complexity index is 1030. The average Bonchev–Trinajstić information content (AvgIpc) is 3.08. The predicted molar refractivity (Wildman–Crippen MR) is 95.9 cm³/mol. The second-order valence-electron chi connectivity index (χ2n) is 6.24. The number of rotatable bonds is 4. The van der Waals surface area contributed by atoms with Gasteiger partial charge in [0.2, 0.25) is 5.91 Å². The summed E-state index contributed by atoms with van der Waals surface area (Å²) in [6, 6.07) is 8.98. The van der Waals surface area contributed by atoms with Crippen LogP contribution in [0.2, 0.25) is 5.02 Å². The molecule has 0 N–H and O–H groups in total. The van der Waals surface area contributed by atoms with Crippen LogP contribution in [-0.2, 0) is 30.8 Å². The molecule has 7 nitrogen and oxygen atoms in total. The third-order valence-corrected chi connectivity index (χ3v) is 4.71. The largest absolute Gasteiger partial charge is 0.340 e. The van der Waals surface area contributed by atoms with Crippen LogP contribution in [0.3, 0.4) is 0 Å². The van der Waals surface area contributed by atoms with Crippen molar-refractivity contribution in [3.8, 4) is 6.07 Å². The van der Waals surface area contributed by atoms with Crippen LogP contribution in [0.4, 0.5) is 0 Å². The topological polar surface area (TPSA) is 88.1 Å². The summed E-state index contributed by atoms with van der Waals surface area (Å²) in [6.07, 6.45) is 1.23. The van der Waals surface area contributed by atoms with Crippen molar-refractivity contribution in [1.82, 2.24) is 14.0 Å². The van der Waals surface area contributed by atoms with E-state index in [1.807, 2.05) is 12.1 Å². The summed E-state index contributed by atoms with van der Waals surface area (Å²) in [6.45, 7) is 0.352. The highest BCUT2D eigenvalue weighted by atomic mass is 35.5. The van der Waals surface area contributed by atoms with E-state index < -0.39 is 23.7 Å². The number of carbonyl (C=O) groups excluding carboxylic acids is 1. The highest BCUT2D eigenvalue weighted by Gasteiger charge is 2.24. The summed E-state index contributed by atoms with van der Waals surface area (Å²) in [4.78, 5) is 38.9. The number of nitriles is 1. The minimum Gasteiger partial charge on any atom is -0.340 e. The summed E-state index contributed by atoms with van der Waals surface area (Å²) in [7, 11) is 1.59. The van der Waals surface area contributed by atoms with Gasteiger partial charge in [-0.25, -0.2) is 9.36 Å². The molecule has 0 fully saturated rings. The third kappa shape index (κ3) is 3.28. The molecular formula is C18H17ClN4O3. The fourth-order valence-electron chi connectivity index (χ4n) is 3.14. The van der Waals surface area contributed by atoms with Crippen LogP contribution in [0.15, 0.2) is 33.9 Å². The summed E-state index contributed by atoms with van der Waals surface area (Å²) in [5.41, 5.74) is 0.0242. The Hall–Kier alpha value is -2.85. The van der Waals surface area contributed by atoms with Gasteiger partial charge in [0.05, 0.1) is 0 Å². The van der Waals surface area contributed by atoms with Gasteiger partial charge in [0.1, 0.15) is 18.2 Å². The highest BCUT2D eigenvalue weighted by Crippen LogP contribution is 2.14. The lowest BCUT2D eigenvalue weighted by atomic mass is 10.2. The standard InChI is InChI=1S/C18H17ClN4O3/c1-21(10-12-4-2-5-13(19)8-12)16(24)11-23-17(25)14(9-20)15-6-3-7-22(15)18(23)26/h2,4-5,8H,3,6-7,10-11H2,1H3. The van der Waals surface area contributed by atoms with E-state index in [0.29, 0.717) is 36.6 Å². The highest BCUT2D eigenvalue weighted by molar-refractivity contribution is 6.30. The van der Waals surface area contributed by atoms with E-state index in [1.54, 1.807) is 25.2 Å². The number of amides is 1. The van der Waals surface area contributed by atoms with Crippen molar-refractivity contribution >= 4 is 17.5 Å². The van der Waals surface area contributed by atoms with Crippen LogP contribution in [0.25, 0.3) is 0 Å². The van der Waals surface area contributed by atoms with Gasteiger partial charge >= 0.3 is 5.69 Å². The number of halogens is 1. The number of carbonyl (C=O) groups is 1. The van der Waals surface area contributed by atoms with Crippen LogP contribution in [0.1, 0.15) is 23.2 Å². The lowest BCUT2D eigenvalue weighted by Gasteiger charge is -2.18. The Kier molecular flexibility index (Phi) is 4.96. The molecule has 0 atom stereocenters. The number of nitrogens with zero attached hydrogens (tertiary/aromatic N) is 4. The zero-order chi connectivity index (χ0) is 18.8. The van der Waals surface area contributed by atoms with E-state index in [-0.39, 0.29) is 5.56 Å². The number of likely N-dealkylation sites (N-methyl/N-ethyl adjacent to an activating group) is 1. The number of aromatic nitrogens is 2. The second-order valence-corrected chi connectivity index (χ2v) is 6.68. The van der Waals surface area contributed by atoms with Crippen LogP contribution in [0.5, 0.6) is 0 Å². The molecule has 0 radical (unpaired) electrons. The maximum Gasteiger partial charge on any atom is 0.331 e. The van der Waals surface area contributed by atoms with Gasteiger partial charge in [-0.1, -0.05) is 23.7 Å². The van der Waals surface area contributed by atoms with Gasteiger partial charge in [-0.3, -0.25) is 14.2 Å². The molecule has 8 heteroatoms. The molecule has 0 bridgehead atoms. The van der Waals surface area contributed by atoms with Gasteiger partial charge in [0, 0.05) is 30.9 Å². The van der Waals surface area contributed by atoms with Gasteiger partial charge in [-0.2, -0.15) is 5.26 Å². The van der Waals surface area contributed by atoms with Crippen molar-refractivity contribution in [2.24, 2.45) is 0 Å². The lowest BCUT2D eigenvalue weighted by molar-refractivity contribution is -0.131. The SMILES string of the molecule is CN(Cc1cccc(Cl)c1)C(=O)Cn1c(=O)c(C#N)c2n(c1=O)CCC2. The molecule has 2 heterocycles. The van der Waals surface area contributed by atoms with Crippen LogP contribution < -0.4 is 11.2 Å². The fourth-order valence-corrected chi connectivity index (χ4v) is 3.35. The zero-order valence-electron chi connectivity index (χ0n) is 14.2. The molecule has 0 saturated heterocycles. The Morgan fingerprint density at radius 2 is 2.15 bits per heavy atom. The minimum atomic E-state index is -0.699. The molecule has 134 valence electrons. The van der Waals surface area contributed by atoms with Gasteiger partial charge in [0.25, 0.3) is 5.56 Å². The Morgan fingerprint density at radius 3 is 2.85 bits per heavy atom. The van der Waals surface area contributed by atoms with E-state index in [0.717, 1.165) is 10.1 Å². The van der Waals surface area contributed by atoms with Crippen molar-refractivity contribution in [3.05, 3.63) is 66.9 Å². The molecule has 1 amide bonds. The molecule has 1 aliphatic rings. The van der Waals surface area contributed by atoms with Crippen LogP contribution in [-0.4, -0.2) is 27.0 Å². The molecule has 1 aromatic carbocycles. The summed E-state index contributed by atoms with van der Waals surface area (Å²) >= 11 is 5.94. The smallest absolute Gasteiger partial charge is 0.331 e. The van der Waals surface area contributed by atoms with E-state index >= 15 is 0 Å². The van der Waals surface area contributed by atoms with Crippen molar-refractivity contribution in [3.63, 3.8) is 0 Å². The molecule has 26 heavy (non-hydrogen) atoms. The second kappa shape index (κ2) is 7.18. The quantitative estimate of drug-likeness (QED) is 0.805. The average molecular weight is 373 g/mol. The maximum atomic E-state index is 12.5. The van der Waals surface area contributed by atoms with Crippen LogP contribution in [0, 0.1) is 11.3 Å². The number of hydrogen-bond donors (Lipinski definition) is 0. The van der Waals surface area contributed by atoms with E-state index in [9.17, 15) is 19.6 Å². The Labute approximate surface area is 154 Å². The first-order chi connectivity index (χ1) is 12.4. The zero-order valence-corrected chi connectivity index (χ0v) is 15.0. The number of fused-ring (bicyclic) bond motifs is 1. The van der Waals surface area contributed by atoms with E-state index in [2.05, 4.69) is 0 Å². The molecular weight excluding hydrogens is 356 g/mol. The number of hydrogen-bond acceptors (Lipinski definition) is 4. The first kappa shape index (κ1) is 18.0. The van der Waals surface area contributed by atoms with Crippen molar-refractivity contribution in [2.45, 2.75) is 32.5 Å². The van der Waals surface area contributed by atoms with Crippen molar-refractivity contribution in [2.75, 3.05) is 7.05 Å². The lowest BCUT2D eigenvalue weighted by Crippen LogP contribution is -2.45. The third-order valence-electron chi connectivity index (χ3n) is 4.47. The Morgan fingerprint density at radius 1 is 1.38 bits per heavy atom. The van der Waals surface area contributed by atoms with E-state index in [4.69, 9.17) is 11.6 Å². The van der Waals surface area contributed by atoms with Crippen molar-refractivity contribution in [1.29, 1.82) is 5.26 Å². The van der Waals surface area contributed by atoms with Gasteiger partial charge in [-0.15, -0.1) is 0 Å². The minimum absolute atomic E-state index is 0.0487. The molecule has 3 rings (SSSR count). The first-order valence-corrected chi connectivity index (χ1v) is 8.55. The molecule has 2 aromatic rings. The number of benzene rings is 1. The first-order valence-electron chi connectivity index (χ1n) is 8.17. The van der Waals surface area contributed by atoms with Gasteiger partial charge < -0.3 is 4.90 Å². The summed E-state index contributed by atoms with van der Waals surface area (Å²) < 4.78 is 2.27.